The second kappa shape index (κ2) is 8.45. The molecule has 6 nitrogen and oxygen atoms in total. The second-order valence-corrected chi connectivity index (χ2v) is 12.4. The van der Waals surface area contributed by atoms with Crippen LogP contribution in [0.1, 0.15) is 24.0 Å². The van der Waals surface area contributed by atoms with Gasteiger partial charge in [-0.2, -0.15) is 8.42 Å². The minimum Gasteiger partial charge on any atom is -0.477 e. The Labute approximate surface area is 180 Å². The van der Waals surface area contributed by atoms with Crippen LogP contribution in [0.3, 0.4) is 0 Å². The summed E-state index contributed by atoms with van der Waals surface area (Å²) in [6.07, 6.45) is 9.93. The van der Waals surface area contributed by atoms with Crippen molar-refractivity contribution in [3.63, 3.8) is 0 Å². The fourth-order valence-corrected chi connectivity index (χ4v) is 5.77. The zero-order chi connectivity index (χ0) is 22.1. The molecular formula is C23H22O6S2. The van der Waals surface area contributed by atoms with Crippen LogP contribution in [0.4, 0.5) is 0 Å². The lowest BCUT2D eigenvalue weighted by Crippen LogP contribution is -2.28. The van der Waals surface area contributed by atoms with Crippen molar-refractivity contribution in [3.8, 4) is 0 Å². The Hall–Kier alpha value is -2.68. The fraction of sp³-hybridized carbons (Fsp3) is 0.217. The van der Waals surface area contributed by atoms with E-state index in [1.54, 1.807) is 11.1 Å². The van der Waals surface area contributed by atoms with Gasteiger partial charge < -0.3 is 4.74 Å². The highest BCUT2D eigenvalue weighted by atomic mass is 33.2. The average Bonchev–Trinajstić information content (AvgIpc) is 2.79. The van der Waals surface area contributed by atoms with Gasteiger partial charge in [0.25, 0.3) is 0 Å². The summed E-state index contributed by atoms with van der Waals surface area (Å²) < 4.78 is 55.5. The highest BCUT2D eigenvalue weighted by Crippen LogP contribution is 2.33. The highest BCUT2D eigenvalue weighted by molar-refractivity contribution is 8.65. The molecule has 1 aliphatic carbocycles. The maximum Gasteiger partial charge on any atom is 0.376 e. The largest absolute Gasteiger partial charge is 0.477 e. The van der Waals surface area contributed by atoms with Crippen molar-refractivity contribution < 1.29 is 26.1 Å². The predicted octanol–water partition coefficient (Wildman–Crippen LogP) is 4.50. The van der Waals surface area contributed by atoms with Gasteiger partial charge in [0.15, 0.2) is 0 Å². The summed E-state index contributed by atoms with van der Waals surface area (Å²) in [7, 11) is -9.87. The SMILES string of the molecule is O=S(=O)(O)S(=O)(=O)C1C=CC=CO1.c1ccc2c(c1)ccc1c3c(ccc12)CCCC3. The fourth-order valence-electron chi connectivity index (χ4n) is 3.99. The van der Waals surface area contributed by atoms with E-state index in [4.69, 9.17) is 4.55 Å². The van der Waals surface area contributed by atoms with Gasteiger partial charge in [-0.15, -0.1) is 0 Å². The Kier molecular flexibility index (Phi) is 5.88. The molecule has 162 valence electrons. The van der Waals surface area contributed by atoms with E-state index < -0.39 is 23.5 Å². The topological polar surface area (TPSA) is 97.7 Å². The number of hydrogen-bond acceptors (Lipinski definition) is 5. The molecule has 1 atom stereocenters. The minimum atomic E-state index is -5.14. The van der Waals surface area contributed by atoms with Crippen LogP contribution >= 0.6 is 0 Å². The van der Waals surface area contributed by atoms with Gasteiger partial charge >= 0.3 is 18.0 Å². The van der Waals surface area contributed by atoms with E-state index in [-0.39, 0.29) is 0 Å². The van der Waals surface area contributed by atoms with Gasteiger partial charge in [0, 0.05) is 0 Å². The molecule has 31 heavy (non-hydrogen) atoms. The third-order valence-electron chi connectivity index (χ3n) is 5.51. The van der Waals surface area contributed by atoms with Crippen molar-refractivity contribution in [1.82, 2.24) is 0 Å². The molecule has 1 heterocycles. The smallest absolute Gasteiger partial charge is 0.376 e. The van der Waals surface area contributed by atoms with Gasteiger partial charge in [-0.1, -0.05) is 54.6 Å². The summed E-state index contributed by atoms with van der Waals surface area (Å²) in [4.78, 5) is 0. The van der Waals surface area contributed by atoms with Crippen molar-refractivity contribution >= 4 is 39.6 Å². The molecule has 1 N–H and O–H groups in total. The first-order valence-corrected chi connectivity index (χ1v) is 13.4. The van der Waals surface area contributed by atoms with E-state index >= 15 is 0 Å². The number of aryl methyl sites for hydroxylation is 2. The molecule has 0 aromatic heterocycles. The van der Waals surface area contributed by atoms with Gasteiger partial charge in [-0.25, -0.2) is 8.42 Å². The Balaban J connectivity index is 0.000000159. The molecule has 5 rings (SSSR count). The van der Waals surface area contributed by atoms with Crippen molar-refractivity contribution in [1.29, 1.82) is 0 Å². The molecule has 2 aliphatic rings. The zero-order valence-corrected chi connectivity index (χ0v) is 18.3. The molecule has 0 radical (unpaired) electrons. The molecular weight excluding hydrogens is 436 g/mol. The van der Waals surface area contributed by atoms with Crippen LogP contribution in [-0.2, 0) is 35.6 Å². The quantitative estimate of drug-likeness (QED) is 0.345. The maximum atomic E-state index is 11.0. The zero-order valence-electron chi connectivity index (χ0n) is 16.6. The Bertz CT molecular complexity index is 1400. The minimum absolute atomic E-state index is 1.00. The first-order chi connectivity index (χ1) is 14.8. The normalized spacial score (nSPS) is 18.2. The molecule has 3 aromatic rings. The third kappa shape index (κ3) is 4.23. The molecule has 1 unspecified atom stereocenters. The van der Waals surface area contributed by atoms with E-state index in [1.807, 2.05) is 0 Å². The number of allylic oxidation sites excluding steroid dienone is 2. The average molecular weight is 459 g/mol. The molecule has 0 spiro atoms. The Morgan fingerprint density at radius 1 is 0.806 bits per heavy atom. The lowest BCUT2D eigenvalue weighted by molar-refractivity contribution is 0.247. The van der Waals surface area contributed by atoms with E-state index in [0.29, 0.717) is 0 Å². The molecule has 3 aromatic carbocycles. The van der Waals surface area contributed by atoms with Crippen molar-refractivity contribution in [2.24, 2.45) is 0 Å². The van der Waals surface area contributed by atoms with E-state index in [9.17, 15) is 16.8 Å². The highest BCUT2D eigenvalue weighted by Gasteiger charge is 2.37. The molecule has 8 heteroatoms. The van der Waals surface area contributed by atoms with E-state index in [1.165, 1.54) is 59.4 Å². The van der Waals surface area contributed by atoms with Crippen LogP contribution in [0.25, 0.3) is 21.5 Å². The van der Waals surface area contributed by atoms with E-state index in [2.05, 4.69) is 53.3 Å². The van der Waals surface area contributed by atoms with Gasteiger partial charge in [0.2, 0.25) is 5.44 Å². The molecule has 0 amide bonds. The standard InChI is InChI=1S/C18H16.C5H6O6S2/c1-3-7-15-13(5-1)9-11-18-16-8-4-2-6-14(16)10-12-17(15)18;6-12(7,13(8,9)10)5-3-1-2-4-11-5/h1,3,5,7,9-12H,2,4,6,8H2;1-5H,(H,8,9,10). The molecule has 0 bridgehead atoms. The van der Waals surface area contributed by atoms with Crippen LogP contribution < -0.4 is 0 Å². The Morgan fingerprint density at radius 2 is 1.55 bits per heavy atom. The van der Waals surface area contributed by atoms with Gasteiger partial charge in [-0.3, -0.25) is 4.55 Å². The molecule has 0 saturated carbocycles. The third-order valence-corrected chi connectivity index (χ3v) is 9.26. The number of benzene rings is 3. The van der Waals surface area contributed by atoms with Crippen molar-refractivity contribution in [3.05, 3.63) is 84.1 Å². The summed E-state index contributed by atoms with van der Waals surface area (Å²) in [6.45, 7) is 0. The summed E-state index contributed by atoms with van der Waals surface area (Å²) in [5.74, 6) is 0. The predicted molar refractivity (Wildman–Crippen MR) is 122 cm³/mol. The lowest BCUT2D eigenvalue weighted by Gasteiger charge is -2.18. The van der Waals surface area contributed by atoms with Crippen molar-refractivity contribution in [2.45, 2.75) is 31.1 Å². The first-order valence-electron chi connectivity index (χ1n) is 9.91. The lowest BCUT2D eigenvalue weighted by atomic mass is 9.86. The first kappa shape index (κ1) is 21.5. The van der Waals surface area contributed by atoms with E-state index in [0.717, 1.165) is 12.3 Å². The summed E-state index contributed by atoms with van der Waals surface area (Å²) in [5, 5.41) is 5.64. The number of rotatable bonds is 2. The monoisotopic (exact) mass is 458 g/mol. The van der Waals surface area contributed by atoms with Gasteiger partial charge in [0.1, 0.15) is 0 Å². The van der Waals surface area contributed by atoms with Crippen LogP contribution in [-0.4, -0.2) is 26.8 Å². The summed E-state index contributed by atoms with van der Waals surface area (Å²) >= 11 is 0. The number of fused-ring (bicyclic) bond motifs is 5. The molecule has 0 fully saturated rings. The number of ether oxygens (including phenoxy) is 1. The summed E-state index contributed by atoms with van der Waals surface area (Å²) in [5.41, 5.74) is 1.50. The van der Waals surface area contributed by atoms with Crippen LogP contribution in [0.2, 0.25) is 0 Å². The van der Waals surface area contributed by atoms with Crippen LogP contribution in [0.5, 0.6) is 0 Å². The van der Waals surface area contributed by atoms with Crippen LogP contribution in [0, 0.1) is 0 Å². The molecule has 0 saturated heterocycles. The summed E-state index contributed by atoms with van der Waals surface area (Å²) in [6, 6.07) is 18.0. The second-order valence-electron chi connectivity index (χ2n) is 7.43. The van der Waals surface area contributed by atoms with Crippen molar-refractivity contribution in [2.75, 3.05) is 0 Å². The maximum absolute atomic E-state index is 11.0. The Morgan fingerprint density at radius 3 is 2.29 bits per heavy atom. The van der Waals surface area contributed by atoms with Crippen LogP contribution in [0.15, 0.2) is 73.0 Å². The van der Waals surface area contributed by atoms with Gasteiger partial charge in [-0.05, 0) is 70.5 Å². The van der Waals surface area contributed by atoms with Gasteiger partial charge in [0.05, 0.1) is 6.26 Å². The number of hydrogen-bond donors (Lipinski definition) is 1. The molecule has 1 aliphatic heterocycles.